The zero-order valence-corrected chi connectivity index (χ0v) is 16.9. The number of sulfonamides is 1. The highest BCUT2D eigenvalue weighted by Crippen LogP contribution is 2.22. The Balaban J connectivity index is 2.30. The number of amides is 1. The maximum Gasteiger partial charge on any atom is 0.251 e. The Labute approximate surface area is 164 Å². The first-order valence-electron chi connectivity index (χ1n) is 8.56. The van der Waals surface area contributed by atoms with Gasteiger partial charge in [-0.2, -0.15) is 4.31 Å². The third-order valence-electron chi connectivity index (χ3n) is 4.21. The van der Waals surface area contributed by atoms with Crippen molar-refractivity contribution in [2.45, 2.75) is 31.7 Å². The van der Waals surface area contributed by atoms with Crippen LogP contribution in [0.15, 0.2) is 47.4 Å². The molecular formula is C19H22ClFN2O3S. The van der Waals surface area contributed by atoms with E-state index in [2.05, 4.69) is 5.32 Å². The summed E-state index contributed by atoms with van der Waals surface area (Å²) in [6.07, 6.45) is 0. The summed E-state index contributed by atoms with van der Waals surface area (Å²) in [5, 5.41) is 3.31. The number of rotatable bonds is 7. The van der Waals surface area contributed by atoms with Crippen LogP contribution < -0.4 is 5.32 Å². The zero-order valence-electron chi connectivity index (χ0n) is 15.4. The van der Waals surface area contributed by atoms with Crippen LogP contribution in [0.2, 0.25) is 5.02 Å². The quantitative estimate of drug-likeness (QED) is 0.747. The van der Waals surface area contributed by atoms with E-state index >= 15 is 0 Å². The number of hydrogen-bond acceptors (Lipinski definition) is 3. The van der Waals surface area contributed by atoms with Crippen LogP contribution in [0.4, 0.5) is 4.39 Å². The Kier molecular flexibility index (Phi) is 6.97. The molecule has 2 aromatic rings. The molecule has 0 aliphatic carbocycles. The molecule has 146 valence electrons. The number of carbonyl (C=O) groups is 1. The maximum absolute atomic E-state index is 14.2. The molecule has 2 rings (SSSR count). The Bertz CT molecular complexity index is 930. The van der Waals surface area contributed by atoms with Crippen molar-refractivity contribution < 1.29 is 17.6 Å². The fourth-order valence-electron chi connectivity index (χ4n) is 2.68. The predicted molar refractivity (Wildman–Crippen MR) is 104 cm³/mol. The SMILES string of the molecule is CCN(CC)S(=O)(=O)c1cc(C(=O)NC(C)c2cccc(Cl)c2)ccc1F. The highest BCUT2D eigenvalue weighted by atomic mass is 35.5. The molecule has 0 saturated carbocycles. The molecule has 0 aromatic heterocycles. The minimum atomic E-state index is -4.01. The largest absolute Gasteiger partial charge is 0.346 e. The fraction of sp³-hybridized carbons (Fsp3) is 0.316. The zero-order chi connectivity index (χ0) is 20.2. The molecule has 1 unspecified atom stereocenters. The molecule has 1 N–H and O–H groups in total. The van der Waals surface area contributed by atoms with Crippen molar-refractivity contribution >= 4 is 27.5 Å². The second-order valence-corrected chi connectivity index (χ2v) is 8.33. The summed E-state index contributed by atoms with van der Waals surface area (Å²) in [5.74, 6) is -1.39. The van der Waals surface area contributed by atoms with E-state index < -0.39 is 26.6 Å². The summed E-state index contributed by atoms with van der Waals surface area (Å²) < 4.78 is 40.5. The van der Waals surface area contributed by atoms with Gasteiger partial charge < -0.3 is 5.32 Å². The van der Waals surface area contributed by atoms with Gasteiger partial charge in [0.05, 0.1) is 6.04 Å². The first-order valence-corrected chi connectivity index (χ1v) is 10.4. The van der Waals surface area contributed by atoms with Crippen LogP contribution in [-0.2, 0) is 10.0 Å². The van der Waals surface area contributed by atoms with Crippen LogP contribution in [-0.4, -0.2) is 31.7 Å². The molecule has 27 heavy (non-hydrogen) atoms. The lowest BCUT2D eigenvalue weighted by Gasteiger charge is -2.19. The predicted octanol–water partition coefficient (Wildman–Crippen LogP) is 4.00. The van der Waals surface area contributed by atoms with Gasteiger partial charge in [0.15, 0.2) is 0 Å². The molecule has 0 aliphatic heterocycles. The number of halogens is 2. The van der Waals surface area contributed by atoms with Gasteiger partial charge in [0.25, 0.3) is 5.91 Å². The molecule has 0 heterocycles. The van der Waals surface area contributed by atoms with Gasteiger partial charge in [-0.25, -0.2) is 12.8 Å². The van der Waals surface area contributed by atoms with E-state index in [1.807, 2.05) is 6.07 Å². The molecule has 0 fully saturated rings. The van der Waals surface area contributed by atoms with Gasteiger partial charge in [-0.3, -0.25) is 4.79 Å². The van der Waals surface area contributed by atoms with E-state index in [0.717, 1.165) is 22.0 Å². The van der Waals surface area contributed by atoms with Crippen LogP contribution in [0.3, 0.4) is 0 Å². The minimum Gasteiger partial charge on any atom is -0.346 e. The lowest BCUT2D eigenvalue weighted by atomic mass is 10.1. The van der Waals surface area contributed by atoms with Gasteiger partial charge in [-0.15, -0.1) is 0 Å². The van der Waals surface area contributed by atoms with Crippen molar-refractivity contribution in [2.75, 3.05) is 13.1 Å². The lowest BCUT2D eigenvalue weighted by molar-refractivity contribution is 0.0939. The van der Waals surface area contributed by atoms with Gasteiger partial charge in [0, 0.05) is 23.7 Å². The van der Waals surface area contributed by atoms with E-state index in [4.69, 9.17) is 11.6 Å². The molecule has 8 heteroatoms. The topological polar surface area (TPSA) is 66.5 Å². The molecule has 0 saturated heterocycles. The summed E-state index contributed by atoms with van der Waals surface area (Å²) in [6, 6.07) is 10.0. The van der Waals surface area contributed by atoms with Crippen LogP contribution in [0.5, 0.6) is 0 Å². The molecule has 0 bridgehead atoms. The molecule has 0 spiro atoms. The molecule has 1 atom stereocenters. The molecular weight excluding hydrogens is 391 g/mol. The summed E-state index contributed by atoms with van der Waals surface area (Å²) >= 11 is 5.96. The van der Waals surface area contributed by atoms with Gasteiger partial charge >= 0.3 is 0 Å². The Morgan fingerprint density at radius 1 is 1.19 bits per heavy atom. The van der Waals surface area contributed by atoms with E-state index in [9.17, 15) is 17.6 Å². The van der Waals surface area contributed by atoms with Crippen LogP contribution in [0, 0.1) is 5.82 Å². The molecule has 2 aromatic carbocycles. The van der Waals surface area contributed by atoms with Crippen molar-refractivity contribution in [3.05, 3.63) is 64.4 Å². The highest BCUT2D eigenvalue weighted by Gasteiger charge is 2.26. The Morgan fingerprint density at radius 2 is 1.85 bits per heavy atom. The van der Waals surface area contributed by atoms with E-state index in [1.54, 1.807) is 39.0 Å². The fourth-order valence-corrected chi connectivity index (χ4v) is 4.43. The molecule has 5 nitrogen and oxygen atoms in total. The van der Waals surface area contributed by atoms with Crippen molar-refractivity contribution in [2.24, 2.45) is 0 Å². The average molecular weight is 413 g/mol. The van der Waals surface area contributed by atoms with Gasteiger partial charge in [0.2, 0.25) is 10.0 Å². The normalized spacial score (nSPS) is 12.8. The molecule has 0 aliphatic rings. The van der Waals surface area contributed by atoms with Crippen LogP contribution in [0.25, 0.3) is 0 Å². The summed E-state index contributed by atoms with van der Waals surface area (Å²) in [6.45, 7) is 5.53. The first-order chi connectivity index (χ1) is 12.7. The number of nitrogens with zero attached hydrogens (tertiary/aromatic N) is 1. The maximum atomic E-state index is 14.2. The van der Waals surface area contributed by atoms with E-state index in [1.165, 1.54) is 6.07 Å². The van der Waals surface area contributed by atoms with Crippen LogP contribution >= 0.6 is 11.6 Å². The summed E-state index contributed by atoms with van der Waals surface area (Å²) in [7, 11) is -4.01. The number of carbonyl (C=O) groups excluding carboxylic acids is 1. The second-order valence-electron chi connectivity index (χ2n) is 5.98. The number of hydrogen-bond donors (Lipinski definition) is 1. The Morgan fingerprint density at radius 3 is 2.44 bits per heavy atom. The number of nitrogens with one attached hydrogen (secondary N) is 1. The summed E-state index contributed by atoms with van der Waals surface area (Å²) in [5.41, 5.74) is 0.866. The highest BCUT2D eigenvalue weighted by molar-refractivity contribution is 7.89. The van der Waals surface area contributed by atoms with Gasteiger partial charge in [0.1, 0.15) is 10.7 Å². The number of benzene rings is 2. The van der Waals surface area contributed by atoms with E-state index in [-0.39, 0.29) is 24.7 Å². The van der Waals surface area contributed by atoms with Crippen molar-refractivity contribution in [3.8, 4) is 0 Å². The summed E-state index contributed by atoms with van der Waals surface area (Å²) in [4.78, 5) is 12.0. The molecule has 1 amide bonds. The first kappa shape index (κ1) is 21.3. The van der Waals surface area contributed by atoms with Crippen molar-refractivity contribution in [1.82, 2.24) is 9.62 Å². The smallest absolute Gasteiger partial charge is 0.251 e. The third kappa shape index (κ3) is 4.86. The second kappa shape index (κ2) is 8.82. The monoisotopic (exact) mass is 412 g/mol. The van der Waals surface area contributed by atoms with Gasteiger partial charge in [-0.05, 0) is 42.8 Å². The lowest BCUT2D eigenvalue weighted by Crippen LogP contribution is -2.32. The average Bonchev–Trinajstić information content (AvgIpc) is 2.62. The standard InChI is InChI=1S/C19H22ClFN2O3S/c1-4-23(5-2)27(25,26)18-12-15(9-10-17(18)21)19(24)22-13(3)14-7-6-8-16(20)11-14/h6-13H,4-5H2,1-3H3,(H,22,24). The van der Waals surface area contributed by atoms with Crippen molar-refractivity contribution in [3.63, 3.8) is 0 Å². The minimum absolute atomic E-state index is 0.0657. The van der Waals surface area contributed by atoms with Gasteiger partial charge in [-0.1, -0.05) is 37.6 Å². The third-order valence-corrected chi connectivity index (χ3v) is 6.51. The van der Waals surface area contributed by atoms with Crippen LogP contribution in [0.1, 0.15) is 42.7 Å². The van der Waals surface area contributed by atoms with Crippen molar-refractivity contribution in [1.29, 1.82) is 0 Å². The molecule has 0 radical (unpaired) electrons. The Hall–Kier alpha value is -1.96. The van der Waals surface area contributed by atoms with E-state index in [0.29, 0.717) is 5.02 Å².